The van der Waals surface area contributed by atoms with Gasteiger partial charge in [0.05, 0.1) is 6.04 Å². The quantitative estimate of drug-likeness (QED) is 0.254. The Hall–Kier alpha value is -4.05. The summed E-state index contributed by atoms with van der Waals surface area (Å²) in [5, 5.41) is 14.7. The molecule has 4 aromatic rings. The Morgan fingerprint density at radius 1 is 1.10 bits per heavy atom. The summed E-state index contributed by atoms with van der Waals surface area (Å²) in [5.74, 6) is 0.456. The maximum atomic E-state index is 13.8. The number of rotatable bonds is 7. The highest BCUT2D eigenvalue weighted by atomic mass is 32.1. The fraction of sp³-hybridized carbons (Fsp3) is 0.406. The topological polar surface area (TPSA) is 110 Å². The van der Waals surface area contributed by atoms with Gasteiger partial charge in [0, 0.05) is 35.2 Å². The lowest BCUT2D eigenvalue weighted by molar-refractivity contribution is 0.0443. The van der Waals surface area contributed by atoms with E-state index in [9.17, 15) is 9.59 Å². The van der Waals surface area contributed by atoms with Gasteiger partial charge in [-0.25, -0.2) is 9.78 Å². The number of carbonyl (C=O) groups excluding carboxylic acids is 2. The van der Waals surface area contributed by atoms with Crippen LogP contribution in [-0.4, -0.2) is 44.2 Å². The third-order valence-corrected chi connectivity index (χ3v) is 8.14. The average molecular weight is 588 g/mol. The number of aromatic nitrogens is 3. The van der Waals surface area contributed by atoms with E-state index >= 15 is 0 Å². The number of likely N-dealkylation sites (tertiary alicyclic amines) is 1. The van der Waals surface area contributed by atoms with Gasteiger partial charge in [-0.1, -0.05) is 30.3 Å². The SMILES string of the molecule is Cc1cc(C(=O)N2CCCC2c2nc(C)cs2)cc(-c2nnc(C(C)(Cc3ccccc3)NC(=O)OC(C)(C)C)o2)c1. The van der Waals surface area contributed by atoms with Gasteiger partial charge in [-0.3, -0.25) is 4.79 Å². The van der Waals surface area contributed by atoms with Crippen molar-refractivity contribution in [3.05, 3.63) is 87.2 Å². The summed E-state index contributed by atoms with van der Waals surface area (Å²) in [6, 6.07) is 15.3. The summed E-state index contributed by atoms with van der Waals surface area (Å²) < 4.78 is 11.8. The normalized spacial score (nSPS) is 16.7. The standard InChI is InChI=1S/C32H37N5O4S/c1-20-15-23(17-24(16-20)28(38)37-14-10-13-25(37)27-33-21(2)19-42-27)26-35-36-29(40-26)32(6,18-22-11-8-7-9-12-22)34-30(39)41-31(3,4)5/h7-9,11-12,15-17,19,25H,10,13-14,18H2,1-6H3,(H,34,39). The van der Waals surface area contributed by atoms with Gasteiger partial charge >= 0.3 is 6.09 Å². The summed E-state index contributed by atoms with van der Waals surface area (Å²) in [7, 11) is 0. The Labute approximate surface area is 250 Å². The number of carbonyl (C=O) groups is 2. The summed E-state index contributed by atoms with van der Waals surface area (Å²) in [4.78, 5) is 33.2. The van der Waals surface area contributed by atoms with E-state index in [4.69, 9.17) is 9.15 Å². The molecule has 2 aromatic heterocycles. The molecule has 0 radical (unpaired) electrons. The Kier molecular flexibility index (Phi) is 8.19. The van der Waals surface area contributed by atoms with Gasteiger partial charge in [-0.2, -0.15) is 0 Å². The van der Waals surface area contributed by atoms with Crippen LogP contribution in [0.25, 0.3) is 11.5 Å². The molecule has 1 saturated heterocycles. The number of benzene rings is 2. The Bertz CT molecular complexity index is 1570. The van der Waals surface area contributed by atoms with Crippen LogP contribution in [0.1, 0.15) is 84.7 Å². The van der Waals surface area contributed by atoms with Crippen LogP contribution in [0, 0.1) is 13.8 Å². The lowest BCUT2D eigenvalue weighted by Gasteiger charge is -2.29. The van der Waals surface area contributed by atoms with Crippen molar-refractivity contribution in [1.29, 1.82) is 0 Å². The molecule has 0 bridgehead atoms. The van der Waals surface area contributed by atoms with E-state index in [-0.39, 0.29) is 23.7 Å². The minimum absolute atomic E-state index is 0.0206. The third kappa shape index (κ3) is 6.70. The minimum Gasteiger partial charge on any atom is -0.444 e. The second-order valence-electron chi connectivity index (χ2n) is 12.1. The first-order chi connectivity index (χ1) is 19.9. The molecule has 42 heavy (non-hydrogen) atoms. The predicted molar refractivity (Wildman–Crippen MR) is 161 cm³/mol. The van der Waals surface area contributed by atoms with Crippen LogP contribution in [0.3, 0.4) is 0 Å². The number of ether oxygens (including phenoxy) is 1. The molecule has 5 rings (SSSR count). The molecule has 2 atom stereocenters. The molecule has 1 aliphatic rings. The van der Waals surface area contributed by atoms with E-state index < -0.39 is 17.2 Å². The van der Waals surface area contributed by atoms with Crippen LogP contribution in [0.5, 0.6) is 0 Å². The molecule has 220 valence electrons. The zero-order valence-electron chi connectivity index (χ0n) is 24.9. The molecule has 2 aromatic carbocycles. The van der Waals surface area contributed by atoms with Gasteiger partial charge < -0.3 is 19.4 Å². The smallest absolute Gasteiger partial charge is 0.408 e. The molecule has 0 saturated carbocycles. The zero-order chi connectivity index (χ0) is 30.1. The summed E-state index contributed by atoms with van der Waals surface area (Å²) in [5.41, 5.74) is 2.33. The van der Waals surface area contributed by atoms with E-state index in [0.717, 1.165) is 34.7 Å². The molecule has 3 heterocycles. The van der Waals surface area contributed by atoms with E-state index in [1.807, 2.05) is 94.3 Å². The molecule has 9 nitrogen and oxygen atoms in total. The van der Waals surface area contributed by atoms with Crippen molar-refractivity contribution in [2.24, 2.45) is 0 Å². The number of thiazole rings is 1. The van der Waals surface area contributed by atoms with Crippen molar-refractivity contribution in [2.45, 2.75) is 78.0 Å². The number of hydrogen-bond donors (Lipinski definition) is 1. The zero-order valence-corrected chi connectivity index (χ0v) is 25.7. The van der Waals surface area contributed by atoms with Gasteiger partial charge in [0.1, 0.15) is 16.1 Å². The number of aryl methyl sites for hydroxylation is 2. The molecule has 2 amide bonds. The molecule has 1 fully saturated rings. The molecule has 0 aliphatic carbocycles. The number of alkyl carbamates (subject to hydrolysis) is 1. The molecule has 1 N–H and O–H groups in total. The first-order valence-electron chi connectivity index (χ1n) is 14.1. The molecule has 10 heteroatoms. The lowest BCUT2D eigenvalue weighted by atomic mass is 9.92. The Balaban J connectivity index is 1.44. The van der Waals surface area contributed by atoms with Crippen LogP contribution >= 0.6 is 11.3 Å². The van der Waals surface area contributed by atoms with Crippen LogP contribution < -0.4 is 5.32 Å². The van der Waals surface area contributed by atoms with Crippen LogP contribution in [0.2, 0.25) is 0 Å². The average Bonchev–Trinajstić information content (AvgIpc) is 3.68. The monoisotopic (exact) mass is 587 g/mol. The van der Waals surface area contributed by atoms with Gasteiger partial charge in [-0.05, 0) is 83.7 Å². The number of amides is 2. The summed E-state index contributed by atoms with van der Waals surface area (Å²) >= 11 is 1.60. The first-order valence-corrected chi connectivity index (χ1v) is 15.0. The third-order valence-electron chi connectivity index (χ3n) is 7.08. The molecular formula is C32H37N5O4S. The number of hydrogen-bond acceptors (Lipinski definition) is 8. The molecule has 1 aliphatic heterocycles. The Morgan fingerprint density at radius 2 is 1.86 bits per heavy atom. The van der Waals surface area contributed by atoms with Crippen LogP contribution in [0.15, 0.2) is 58.3 Å². The molecular weight excluding hydrogens is 550 g/mol. The number of nitrogens with one attached hydrogen (secondary N) is 1. The van der Waals surface area contributed by atoms with Gasteiger partial charge in [-0.15, -0.1) is 21.5 Å². The Morgan fingerprint density at radius 3 is 2.55 bits per heavy atom. The van der Waals surface area contributed by atoms with Crippen molar-refractivity contribution in [3.63, 3.8) is 0 Å². The van der Waals surface area contributed by atoms with E-state index in [1.165, 1.54) is 0 Å². The molecule has 2 unspecified atom stereocenters. The fourth-order valence-corrected chi connectivity index (χ4v) is 6.20. The van der Waals surface area contributed by atoms with Crippen molar-refractivity contribution < 1.29 is 18.7 Å². The first kappa shape index (κ1) is 29.4. The highest BCUT2D eigenvalue weighted by molar-refractivity contribution is 7.09. The maximum absolute atomic E-state index is 13.8. The van der Waals surface area contributed by atoms with Gasteiger partial charge in [0.15, 0.2) is 0 Å². The maximum Gasteiger partial charge on any atom is 0.408 e. The van der Waals surface area contributed by atoms with Crippen molar-refractivity contribution in [1.82, 2.24) is 25.4 Å². The molecule has 0 spiro atoms. The van der Waals surface area contributed by atoms with Crippen molar-refractivity contribution in [2.75, 3.05) is 6.54 Å². The van der Waals surface area contributed by atoms with Crippen LogP contribution in [0.4, 0.5) is 4.79 Å². The second kappa shape index (κ2) is 11.7. The lowest BCUT2D eigenvalue weighted by Crippen LogP contribution is -2.47. The van der Waals surface area contributed by atoms with Crippen LogP contribution in [-0.2, 0) is 16.7 Å². The van der Waals surface area contributed by atoms with E-state index in [2.05, 4.69) is 20.5 Å². The van der Waals surface area contributed by atoms with Crippen molar-refractivity contribution in [3.8, 4) is 11.5 Å². The highest BCUT2D eigenvalue weighted by Crippen LogP contribution is 2.36. The van der Waals surface area contributed by atoms with E-state index in [0.29, 0.717) is 24.1 Å². The van der Waals surface area contributed by atoms with Crippen molar-refractivity contribution >= 4 is 23.3 Å². The van der Waals surface area contributed by atoms with Gasteiger partial charge in [0.2, 0.25) is 11.8 Å². The minimum atomic E-state index is -1.05. The predicted octanol–water partition coefficient (Wildman–Crippen LogP) is 6.77. The number of nitrogens with zero attached hydrogens (tertiary/aromatic N) is 4. The van der Waals surface area contributed by atoms with E-state index in [1.54, 1.807) is 17.4 Å². The highest BCUT2D eigenvalue weighted by Gasteiger charge is 2.37. The van der Waals surface area contributed by atoms with Gasteiger partial charge in [0.25, 0.3) is 5.91 Å². The summed E-state index contributed by atoms with van der Waals surface area (Å²) in [6.07, 6.45) is 1.65. The summed E-state index contributed by atoms with van der Waals surface area (Å²) in [6.45, 7) is 11.9. The largest absolute Gasteiger partial charge is 0.444 e. The fourth-order valence-electron chi connectivity index (χ4n) is 5.26. The second-order valence-corrected chi connectivity index (χ2v) is 13.0.